The Morgan fingerprint density at radius 3 is 2.67 bits per heavy atom. The second kappa shape index (κ2) is 3.89. The number of rotatable bonds is 1. The molecular formula is C11H12N2O4S. The number of nitrogens with one attached hydrogen (secondary N) is 1. The molecule has 1 aliphatic rings. The maximum Gasteiger partial charge on any atom is 0.214 e. The van der Waals surface area contributed by atoms with Gasteiger partial charge < -0.3 is 19.0 Å². The van der Waals surface area contributed by atoms with E-state index >= 15 is 0 Å². The maximum absolute atomic E-state index is 11.4. The lowest BCUT2D eigenvalue weighted by molar-refractivity contribution is 0.297. The fourth-order valence-electron chi connectivity index (χ4n) is 1.79. The number of benzene rings is 1. The van der Waals surface area contributed by atoms with E-state index in [9.17, 15) is 8.76 Å². The van der Waals surface area contributed by atoms with Gasteiger partial charge in [0.15, 0.2) is 11.5 Å². The zero-order chi connectivity index (χ0) is 12.8. The minimum atomic E-state index is -3.34. The predicted molar refractivity (Wildman–Crippen MR) is 67.9 cm³/mol. The SMILES string of the molecule is C=S(=O)(O)c1nc2cc3c(cc2[nH]1)OCCCO3. The summed E-state index contributed by atoms with van der Waals surface area (Å²) in [7, 11) is -3.34. The molecule has 1 aliphatic heterocycles. The normalized spacial score (nSPS) is 18.3. The lowest BCUT2D eigenvalue weighted by Crippen LogP contribution is -1.99. The van der Waals surface area contributed by atoms with Crippen LogP contribution in [-0.4, -0.2) is 37.8 Å². The third-order valence-electron chi connectivity index (χ3n) is 2.63. The van der Waals surface area contributed by atoms with Gasteiger partial charge in [-0.05, 0) is 5.87 Å². The van der Waals surface area contributed by atoms with Crippen LogP contribution in [0.5, 0.6) is 11.5 Å². The summed E-state index contributed by atoms with van der Waals surface area (Å²) in [6, 6.07) is 3.42. The molecule has 7 heteroatoms. The van der Waals surface area contributed by atoms with E-state index in [1.807, 2.05) is 0 Å². The van der Waals surface area contributed by atoms with Gasteiger partial charge in [0.1, 0.15) is 9.80 Å². The van der Waals surface area contributed by atoms with Crippen molar-refractivity contribution in [3.63, 3.8) is 0 Å². The largest absolute Gasteiger partial charge is 0.489 e. The highest BCUT2D eigenvalue weighted by molar-refractivity contribution is 7.94. The number of hydrogen-bond donors (Lipinski definition) is 2. The molecule has 6 nitrogen and oxygen atoms in total. The fraction of sp³-hybridized carbons (Fsp3) is 0.273. The zero-order valence-corrected chi connectivity index (χ0v) is 10.3. The molecular weight excluding hydrogens is 256 g/mol. The van der Waals surface area contributed by atoms with Crippen LogP contribution in [-0.2, 0) is 9.80 Å². The number of aromatic nitrogens is 2. The minimum Gasteiger partial charge on any atom is -0.489 e. The van der Waals surface area contributed by atoms with Crippen LogP contribution in [0, 0.1) is 0 Å². The van der Waals surface area contributed by atoms with E-state index in [0.717, 1.165) is 6.42 Å². The summed E-state index contributed by atoms with van der Waals surface area (Å²) in [5.74, 6) is 4.39. The van der Waals surface area contributed by atoms with Gasteiger partial charge in [0.25, 0.3) is 0 Å². The lowest BCUT2D eigenvalue weighted by atomic mass is 10.3. The summed E-state index contributed by atoms with van der Waals surface area (Å²) in [6.07, 6.45) is 0.824. The van der Waals surface area contributed by atoms with Crippen LogP contribution in [0.1, 0.15) is 6.42 Å². The summed E-state index contributed by atoms with van der Waals surface area (Å²) in [6.45, 7) is 1.17. The first kappa shape index (κ1) is 11.4. The molecule has 2 N–H and O–H groups in total. The molecule has 0 aliphatic carbocycles. The number of H-pyrrole nitrogens is 1. The van der Waals surface area contributed by atoms with Crippen LogP contribution >= 0.6 is 0 Å². The molecule has 0 radical (unpaired) electrons. The van der Waals surface area contributed by atoms with Crippen molar-refractivity contribution < 1.29 is 18.2 Å². The number of imidazole rings is 1. The Kier molecular flexibility index (Phi) is 2.46. The van der Waals surface area contributed by atoms with E-state index in [-0.39, 0.29) is 5.16 Å². The van der Waals surface area contributed by atoms with E-state index in [1.54, 1.807) is 12.1 Å². The highest BCUT2D eigenvalue weighted by Crippen LogP contribution is 2.33. The van der Waals surface area contributed by atoms with Gasteiger partial charge in [0, 0.05) is 18.6 Å². The maximum atomic E-state index is 11.4. The number of nitrogens with zero attached hydrogens (tertiary/aromatic N) is 1. The molecule has 0 saturated carbocycles. The summed E-state index contributed by atoms with van der Waals surface area (Å²) in [4.78, 5) is 6.82. The molecule has 1 unspecified atom stereocenters. The lowest BCUT2D eigenvalue weighted by Gasteiger charge is -2.05. The first-order chi connectivity index (χ1) is 8.54. The van der Waals surface area contributed by atoms with Crippen LogP contribution < -0.4 is 9.47 Å². The molecule has 0 spiro atoms. The molecule has 0 saturated heterocycles. The van der Waals surface area contributed by atoms with Gasteiger partial charge in [-0.2, -0.15) is 0 Å². The molecule has 2 heterocycles. The van der Waals surface area contributed by atoms with Crippen molar-refractivity contribution in [3.8, 4) is 11.5 Å². The third-order valence-corrected chi connectivity index (χ3v) is 3.43. The highest BCUT2D eigenvalue weighted by Gasteiger charge is 2.16. The number of fused-ring (bicyclic) bond motifs is 2. The molecule has 1 atom stereocenters. The average molecular weight is 268 g/mol. The molecule has 18 heavy (non-hydrogen) atoms. The Bertz CT molecular complexity index is 662. The number of ether oxygens (including phenoxy) is 2. The van der Waals surface area contributed by atoms with Crippen LogP contribution in [0.15, 0.2) is 17.3 Å². The Labute approximate surface area is 104 Å². The van der Waals surface area contributed by atoms with Gasteiger partial charge in [0.05, 0.1) is 24.2 Å². The van der Waals surface area contributed by atoms with Crippen molar-refractivity contribution in [3.05, 3.63) is 12.1 Å². The highest BCUT2D eigenvalue weighted by atomic mass is 32.2. The van der Waals surface area contributed by atoms with Gasteiger partial charge >= 0.3 is 0 Å². The van der Waals surface area contributed by atoms with E-state index < -0.39 is 9.80 Å². The van der Waals surface area contributed by atoms with Crippen molar-refractivity contribution in [2.45, 2.75) is 11.6 Å². The monoisotopic (exact) mass is 268 g/mol. The summed E-state index contributed by atoms with van der Waals surface area (Å²) < 4.78 is 31.8. The molecule has 1 aromatic carbocycles. The van der Waals surface area contributed by atoms with Gasteiger partial charge in [0.2, 0.25) is 5.16 Å². The van der Waals surface area contributed by atoms with Crippen molar-refractivity contribution >= 4 is 26.7 Å². The zero-order valence-electron chi connectivity index (χ0n) is 9.51. The predicted octanol–water partition coefficient (Wildman–Crippen LogP) is 1.27. The molecule has 2 aromatic rings. The molecule has 0 bridgehead atoms. The van der Waals surface area contributed by atoms with Crippen LogP contribution in [0.25, 0.3) is 11.0 Å². The Hall–Kier alpha value is -1.73. The van der Waals surface area contributed by atoms with Gasteiger partial charge in [-0.1, -0.05) is 0 Å². The Morgan fingerprint density at radius 1 is 1.33 bits per heavy atom. The Balaban J connectivity index is 2.18. The number of aromatic amines is 1. The second-order valence-corrected chi connectivity index (χ2v) is 5.72. The van der Waals surface area contributed by atoms with Crippen molar-refractivity contribution in [2.24, 2.45) is 0 Å². The second-order valence-electron chi connectivity index (χ2n) is 4.05. The first-order valence-corrected chi connectivity index (χ1v) is 7.11. The first-order valence-electron chi connectivity index (χ1n) is 5.43. The summed E-state index contributed by atoms with van der Waals surface area (Å²) in [5.41, 5.74) is 1.18. The van der Waals surface area contributed by atoms with E-state index in [4.69, 9.17) is 9.47 Å². The quantitative estimate of drug-likeness (QED) is 0.761. The molecule has 1 aromatic heterocycles. The van der Waals surface area contributed by atoms with Crippen molar-refractivity contribution in [1.82, 2.24) is 9.97 Å². The topological polar surface area (TPSA) is 84.4 Å². The van der Waals surface area contributed by atoms with Crippen LogP contribution in [0.3, 0.4) is 0 Å². The molecule has 0 fully saturated rings. The molecule has 3 rings (SSSR count). The fourth-order valence-corrected chi connectivity index (χ4v) is 2.30. The average Bonchev–Trinajstić information content (AvgIpc) is 2.57. The molecule has 96 valence electrons. The number of hydrogen-bond acceptors (Lipinski definition) is 4. The van der Waals surface area contributed by atoms with Crippen LogP contribution in [0.4, 0.5) is 0 Å². The van der Waals surface area contributed by atoms with E-state index in [2.05, 4.69) is 15.8 Å². The minimum absolute atomic E-state index is 0.0438. The van der Waals surface area contributed by atoms with Crippen molar-refractivity contribution in [2.75, 3.05) is 13.2 Å². The standard InChI is InChI=1S/C11H12N2O4S/c1-18(14,15)11-12-7-5-9-10(6-8(7)13-11)17-4-2-3-16-9/h5-6H,1-4H2,(H,12,13)(H,14,15). The summed E-state index contributed by atoms with van der Waals surface area (Å²) in [5, 5.41) is -0.0438. The van der Waals surface area contributed by atoms with Gasteiger partial charge in [-0.15, -0.1) is 0 Å². The van der Waals surface area contributed by atoms with Gasteiger partial charge in [-0.3, -0.25) is 0 Å². The van der Waals surface area contributed by atoms with E-state index in [1.165, 1.54) is 0 Å². The van der Waals surface area contributed by atoms with E-state index in [0.29, 0.717) is 35.7 Å². The van der Waals surface area contributed by atoms with Crippen molar-refractivity contribution in [1.29, 1.82) is 0 Å². The smallest absolute Gasteiger partial charge is 0.214 e. The van der Waals surface area contributed by atoms with Crippen LogP contribution in [0.2, 0.25) is 0 Å². The third kappa shape index (κ3) is 1.91. The summed E-state index contributed by atoms with van der Waals surface area (Å²) >= 11 is 0. The van der Waals surface area contributed by atoms with Gasteiger partial charge in [-0.25, -0.2) is 9.19 Å². The Morgan fingerprint density at radius 2 is 2.00 bits per heavy atom. The molecule has 0 amide bonds.